The van der Waals surface area contributed by atoms with Gasteiger partial charge in [-0.25, -0.2) is 4.98 Å². The maximum Gasteiger partial charge on any atom is 0.216 e. The molecule has 0 saturated heterocycles. The highest BCUT2D eigenvalue weighted by Crippen LogP contribution is 2.25. The maximum atomic E-state index is 13.5. The van der Waals surface area contributed by atoms with Gasteiger partial charge in [0.1, 0.15) is 0 Å². The molecule has 1 heterocycles. The molecule has 17 heavy (non-hydrogen) atoms. The van der Waals surface area contributed by atoms with Crippen LogP contribution in [0.4, 0.5) is 4.39 Å². The molecule has 1 aromatic rings. The minimum absolute atomic E-state index is 0.304. The van der Waals surface area contributed by atoms with E-state index < -0.39 is 0 Å². The van der Waals surface area contributed by atoms with Crippen LogP contribution in [-0.4, -0.2) is 4.98 Å². The van der Waals surface area contributed by atoms with Gasteiger partial charge < -0.3 is 0 Å². The SMILES string of the molecule is CC.CCc1ccc(C2=CCCCC2)nc1F. The molecule has 0 saturated carbocycles. The smallest absolute Gasteiger partial charge is 0.216 e. The van der Waals surface area contributed by atoms with Gasteiger partial charge in [-0.2, -0.15) is 4.39 Å². The number of hydrogen-bond donors (Lipinski definition) is 0. The van der Waals surface area contributed by atoms with Crippen molar-refractivity contribution in [3.63, 3.8) is 0 Å². The van der Waals surface area contributed by atoms with Gasteiger partial charge in [-0.3, -0.25) is 0 Å². The van der Waals surface area contributed by atoms with Gasteiger partial charge >= 0.3 is 0 Å². The zero-order valence-corrected chi connectivity index (χ0v) is 11.1. The largest absolute Gasteiger partial charge is 0.220 e. The average molecular weight is 235 g/mol. The summed E-state index contributed by atoms with van der Waals surface area (Å²) in [4.78, 5) is 4.03. The van der Waals surface area contributed by atoms with Crippen molar-refractivity contribution in [2.75, 3.05) is 0 Å². The molecule has 1 aromatic heterocycles. The van der Waals surface area contributed by atoms with Crippen LogP contribution in [0.1, 0.15) is 57.7 Å². The van der Waals surface area contributed by atoms with E-state index in [9.17, 15) is 4.39 Å². The number of nitrogens with zero attached hydrogens (tertiary/aromatic N) is 1. The monoisotopic (exact) mass is 235 g/mol. The van der Waals surface area contributed by atoms with Crippen LogP contribution in [0, 0.1) is 5.95 Å². The van der Waals surface area contributed by atoms with Crippen molar-refractivity contribution in [2.24, 2.45) is 0 Å². The van der Waals surface area contributed by atoms with Gasteiger partial charge in [0, 0.05) is 5.56 Å². The molecular weight excluding hydrogens is 213 g/mol. The lowest BCUT2D eigenvalue weighted by molar-refractivity contribution is 0.566. The van der Waals surface area contributed by atoms with Gasteiger partial charge in [0.2, 0.25) is 5.95 Å². The van der Waals surface area contributed by atoms with E-state index in [4.69, 9.17) is 0 Å². The second-order valence-corrected chi connectivity index (χ2v) is 3.98. The first-order valence-electron chi connectivity index (χ1n) is 6.66. The minimum Gasteiger partial charge on any atom is -0.220 e. The van der Waals surface area contributed by atoms with Crippen LogP contribution in [0.3, 0.4) is 0 Å². The summed E-state index contributed by atoms with van der Waals surface area (Å²) in [7, 11) is 0. The Morgan fingerprint density at radius 1 is 1.24 bits per heavy atom. The van der Waals surface area contributed by atoms with E-state index in [0.29, 0.717) is 12.0 Å². The third-order valence-corrected chi connectivity index (χ3v) is 2.93. The maximum absolute atomic E-state index is 13.5. The van der Waals surface area contributed by atoms with Crippen molar-refractivity contribution in [1.82, 2.24) is 4.98 Å². The average Bonchev–Trinajstić information content (AvgIpc) is 2.42. The molecule has 1 aliphatic carbocycles. The van der Waals surface area contributed by atoms with Crippen LogP contribution in [0.25, 0.3) is 5.57 Å². The van der Waals surface area contributed by atoms with Gasteiger partial charge in [-0.15, -0.1) is 0 Å². The third kappa shape index (κ3) is 3.65. The molecule has 2 rings (SSSR count). The van der Waals surface area contributed by atoms with E-state index in [1.165, 1.54) is 18.4 Å². The van der Waals surface area contributed by atoms with Crippen LogP contribution in [0.5, 0.6) is 0 Å². The zero-order chi connectivity index (χ0) is 12.7. The molecule has 0 aromatic carbocycles. The summed E-state index contributed by atoms with van der Waals surface area (Å²) < 4.78 is 13.5. The van der Waals surface area contributed by atoms with Crippen molar-refractivity contribution >= 4 is 5.57 Å². The lowest BCUT2D eigenvalue weighted by Crippen LogP contribution is -1.99. The van der Waals surface area contributed by atoms with Crippen LogP contribution in [-0.2, 0) is 6.42 Å². The van der Waals surface area contributed by atoms with Crippen molar-refractivity contribution in [1.29, 1.82) is 0 Å². The predicted octanol–water partition coefficient (Wildman–Crippen LogP) is 4.77. The summed E-state index contributed by atoms with van der Waals surface area (Å²) in [5.41, 5.74) is 2.74. The Kier molecular flexibility index (Phi) is 5.88. The summed E-state index contributed by atoms with van der Waals surface area (Å²) in [5.74, 6) is -0.304. The number of pyridine rings is 1. The highest BCUT2D eigenvalue weighted by Gasteiger charge is 2.09. The second kappa shape index (κ2) is 7.21. The Morgan fingerprint density at radius 2 is 2.00 bits per heavy atom. The van der Waals surface area contributed by atoms with Gasteiger partial charge in [0.25, 0.3) is 0 Å². The highest BCUT2D eigenvalue weighted by atomic mass is 19.1. The standard InChI is InChI=1S/C13H16FN.C2H6/c1-2-10-8-9-12(15-13(10)14)11-6-4-3-5-7-11;1-2/h6,8-9H,2-5,7H2,1H3;1-2H3. The number of rotatable bonds is 2. The van der Waals surface area contributed by atoms with Crippen LogP contribution < -0.4 is 0 Å². The predicted molar refractivity (Wildman–Crippen MR) is 71.4 cm³/mol. The van der Waals surface area contributed by atoms with E-state index in [2.05, 4.69) is 11.1 Å². The number of hydrogen-bond acceptors (Lipinski definition) is 1. The van der Waals surface area contributed by atoms with E-state index in [1.807, 2.05) is 32.9 Å². The first-order valence-corrected chi connectivity index (χ1v) is 6.66. The summed E-state index contributed by atoms with van der Waals surface area (Å²) in [6.07, 6.45) is 7.49. The topological polar surface area (TPSA) is 12.9 Å². The summed E-state index contributed by atoms with van der Waals surface area (Å²) >= 11 is 0. The van der Waals surface area contributed by atoms with Crippen molar-refractivity contribution in [3.05, 3.63) is 35.4 Å². The minimum atomic E-state index is -0.304. The third-order valence-electron chi connectivity index (χ3n) is 2.93. The fourth-order valence-corrected chi connectivity index (χ4v) is 1.98. The lowest BCUT2D eigenvalue weighted by Gasteiger charge is -2.12. The van der Waals surface area contributed by atoms with E-state index in [1.54, 1.807) is 0 Å². The Morgan fingerprint density at radius 3 is 2.53 bits per heavy atom. The van der Waals surface area contributed by atoms with Crippen molar-refractivity contribution in [3.8, 4) is 0 Å². The molecule has 0 fully saturated rings. The fraction of sp³-hybridized carbons (Fsp3) is 0.533. The number of allylic oxidation sites excluding steroid dienone is 2. The Balaban J connectivity index is 0.000000686. The molecule has 0 spiro atoms. The summed E-state index contributed by atoms with van der Waals surface area (Å²) in [5, 5.41) is 0. The van der Waals surface area contributed by atoms with Crippen LogP contribution >= 0.6 is 0 Å². The lowest BCUT2D eigenvalue weighted by atomic mass is 9.96. The zero-order valence-electron chi connectivity index (χ0n) is 11.1. The van der Waals surface area contributed by atoms with E-state index in [-0.39, 0.29) is 5.95 Å². The summed E-state index contributed by atoms with van der Waals surface area (Å²) in [6.45, 7) is 5.94. The summed E-state index contributed by atoms with van der Waals surface area (Å²) in [6, 6.07) is 3.80. The van der Waals surface area contributed by atoms with Gasteiger partial charge in [0.15, 0.2) is 0 Å². The Bertz CT molecular complexity index is 383. The fourth-order valence-electron chi connectivity index (χ4n) is 1.98. The first-order chi connectivity index (χ1) is 8.31. The molecule has 0 radical (unpaired) electrons. The molecule has 0 unspecified atom stereocenters. The first kappa shape index (κ1) is 13.9. The van der Waals surface area contributed by atoms with Crippen molar-refractivity contribution < 1.29 is 4.39 Å². The van der Waals surface area contributed by atoms with Gasteiger partial charge in [-0.05, 0) is 43.7 Å². The molecule has 0 N–H and O–H groups in total. The highest BCUT2D eigenvalue weighted by molar-refractivity contribution is 5.63. The van der Waals surface area contributed by atoms with E-state index >= 15 is 0 Å². The second-order valence-electron chi connectivity index (χ2n) is 3.98. The van der Waals surface area contributed by atoms with Crippen LogP contribution in [0.2, 0.25) is 0 Å². The molecule has 1 aliphatic rings. The number of halogens is 1. The number of aryl methyl sites for hydroxylation is 1. The molecule has 1 nitrogen and oxygen atoms in total. The van der Waals surface area contributed by atoms with Crippen molar-refractivity contribution in [2.45, 2.75) is 52.9 Å². The molecule has 0 aliphatic heterocycles. The molecule has 94 valence electrons. The Hall–Kier alpha value is -1.18. The normalized spacial score (nSPS) is 14.7. The Labute approximate surface area is 104 Å². The molecule has 2 heteroatoms. The van der Waals surface area contributed by atoms with Crippen LogP contribution in [0.15, 0.2) is 18.2 Å². The molecule has 0 bridgehead atoms. The quantitative estimate of drug-likeness (QED) is 0.673. The van der Waals surface area contributed by atoms with E-state index in [0.717, 1.165) is 18.5 Å². The van der Waals surface area contributed by atoms with Gasteiger partial charge in [-0.1, -0.05) is 32.9 Å². The van der Waals surface area contributed by atoms with Gasteiger partial charge in [0.05, 0.1) is 5.69 Å². The molecular formula is C15H22FN. The molecule has 0 atom stereocenters. The number of aromatic nitrogens is 1. The molecule has 0 amide bonds.